The first-order chi connectivity index (χ1) is 7.18. The van der Waals surface area contributed by atoms with Crippen LogP contribution in [-0.2, 0) is 0 Å². The van der Waals surface area contributed by atoms with E-state index in [1.165, 1.54) is 0 Å². The molecular formula is C10H14N2OS2. The maximum atomic E-state index is 12.1. The standard InChI is InChI=1S/C10H14N2OS2/c1-7-9(11-8(2)15-7)10(13)12-3-5-14-6-4-12/h3-6H2,1-2H3. The van der Waals surface area contributed by atoms with Crippen molar-refractivity contribution in [3.8, 4) is 0 Å². The van der Waals surface area contributed by atoms with Crippen molar-refractivity contribution in [2.45, 2.75) is 13.8 Å². The van der Waals surface area contributed by atoms with Crippen molar-refractivity contribution in [2.75, 3.05) is 24.6 Å². The first-order valence-electron chi connectivity index (χ1n) is 4.99. The Morgan fingerprint density at radius 3 is 2.53 bits per heavy atom. The number of carbonyl (C=O) groups excluding carboxylic acids is 1. The summed E-state index contributed by atoms with van der Waals surface area (Å²) in [5.74, 6) is 2.21. The zero-order chi connectivity index (χ0) is 10.8. The van der Waals surface area contributed by atoms with Crippen LogP contribution in [0.3, 0.4) is 0 Å². The number of carbonyl (C=O) groups is 1. The van der Waals surface area contributed by atoms with Crippen LogP contribution in [0.25, 0.3) is 0 Å². The minimum Gasteiger partial charge on any atom is -0.336 e. The van der Waals surface area contributed by atoms with E-state index in [4.69, 9.17) is 0 Å². The number of nitrogens with zero attached hydrogens (tertiary/aromatic N) is 2. The molecule has 1 aromatic rings. The normalized spacial score (nSPS) is 16.8. The van der Waals surface area contributed by atoms with Crippen molar-refractivity contribution in [1.29, 1.82) is 0 Å². The summed E-state index contributed by atoms with van der Waals surface area (Å²) < 4.78 is 0. The molecule has 3 nitrogen and oxygen atoms in total. The van der Waals surface area contributed by atoms with E-state index in [0.717, 1.165) is 34.5 Å². The van der Waals surface area contributed by atoms with Crippen molar-refractivity contribution in [3.63, 3.8) is 0 Å². The first kappa shape index (κ1) is 11.0. The molecule has 1 aliphatic heterocycles. The van der Waals surface area contributed by atoms with Gasteiger partial charge in [-0.25, -0.2) is 4.98 Å². The van der Waals surface area contributed by atoms with Gasteiger partial charge in [0.25, 0.3) is 5.91 Å². The molecule has 0 aromatic carbocycles. The largest absolute Gasteiger partial charge is 0.336 e. The number of hydrogen-bond donors (Lipinski definition) is 0. The molecule has 2 heterocycles. The molecular weight excluding hydrogens is 228 g/mol. The molecule has 1 aliphatic rings. The Balaban J connectivity index is 2.16. The van der Waals surface area contributed by atoms with E-state index in [0.29, 0.717) is 5.69 Å². The Morgan fingerprint density at radius 2 is 2.00 bits per heavy atom. The van der Waals surface area contributed by atoms with Gasteiger partial charge < -0.3 is 4.90 Å². The second-order valence-electron chi connectivity index (χ2n) is 3.54. The zero-order valence-corrected chi connectivity index (χ0v) is 10.6. The van der Waals surface area contributed by atoms with Gasteiger partial charge >= 0.3 is 0 Å². The van der Waals surface area contributed by atoms with Crippen molar-refractivity contribution in [1.82, 2.24) is 9.88 Å². The topological polar surface area (TPSA) is 33.2 Å². The van der Waals surface area contributed by atoms with Crippen molar-refractivity contribution in [3.05, 3.63) is 15.6 Å². The van der Waals surface area contributed by atoms with Gasteiger partial charge in [-0.15, -0.1) is 11.3 Å². The number of aryl methyl sites for hydroxylation is 2. The molecule has 0 saturated carbocycles. The van der Waals surface area contributed by atoms with Gasteiger partial charge in [-0.05, 0) is 13.8 Å². The minimum atomic E-state index is 0.108. The zero-order valence-electron chi connectivity index (χ0n) is 8.95. The minimum absolute atomic E-state index is 0.108. The molecule has 0 aliphatic carbocycles. The highest BCUT2D eigenvalue weighted by molar-refractivity contribution is 7.99. The van der Waals surface area contributed by atoms with Crippen LogP contribution in [-0.4, -0.2) is 40.4 Å². The van der Waals surface area contributed by atoms with Gasteiger partial charge in [-0.1, -0.05) is 0 Å². The van der Waals surface area contributed by atoms with Gasteiger partial charge in [-0.3, -0.25) is 4.79 Å². The molecule has 2 rings (SSSR count). The van der Waals surface area contributed by atoms with E-state index in [1.807, 2.05) is 30.5 Å². The van der Waals surface area contributed by atoms with Gasteiger partial charge in [0.2, 0.25) is 0 Å². The van der Waals surface area contributed by atoms with E-state index >= 15 is 0 Å². The van der Waals surface area contributed by atoms with Gasteiger partial charge in [0, 0.05) is 29.5 Å². The van der Waals surface area contributed by atoms with Gasteiger partial charge in [0.15, 0.2) is 0 Å². The average Bonchev–Trinajstić information content (AvgIpc) is 2.58. The quantitative estimate of drug-likeness (QED) is 0.754. The maximum absolute atomic E-state index is 12.1. The Bertz CT molecular complexity index is 369. The molecule has 0 spiro atoms. The van der Waals surface area contributed by atoms with Gasteiger partial charge in [-0.2, -0.15) is 11.8 Å². The summed E-state index contributed by atoms with van der Waals surface area (Å²) in [6, 6.07) is 0. The van der Waals surface area contributed by atoms with Crippen LogP contribution < -0.4 is 0 Å². The van der Waals surface area contributed by atoms with E-state index in [-0.39, 0.29) is 5.91 Å². The molecule has 1 amide bonds. The smallest absolute Gasteiger partial charge is 0.273 e. The lowest BCUT2D eigenvalue weighted by molar-refractivity contribution is 0.0766. The number of rotatable bonds is 1. The molecule has 0 radical (unpaired) electrons. The summed E-state index contributed by atoms with van der Waals surface area (Å²) in [6.45, 7) is 5.64. The van der Waals surface area contributed by atoms with Crippen LogP contribution in [0, 0.1) is 13.8 Å². The first-order valence-corrected chi connectivity index (χ1v) is 6.96. The van der Waals surface area contributed by atoms with Crippen LogP contribution in [0.2, 0.25) is 0 Å². The fourth-order valence-electron chi connectivity index (χ4n) is 1.64. The molecule has 0 atom stereocenters. The number of amides is 1. The SMILES string of the molecule is Cc1nc(C(=O)N2CCSCC2)c(C)s1. The fraction of sp³-hybridized carbons (Fsp3) is 0.600. The number of thiazole rings is 1. The predicted molar refractivity (Wildman–Crippen MR) is 64.8 cm³/mol. The second-order valence-corrected chi connectivity index (χ2v) is 6.17. The molecule has 5 heteroatoms. The van der Waals surface area contributed by atoms with Crippen molar-refractivity contribution >= 4 is 29.0 Å². The van der Waals surface area contributed by atoms with Crippen LogP contribution in [0.5, 0.6) is 0 Å². The third-order valence-electron chi connectivity index (χ3n) is 2.40. The molecule has 15 heavy (non-hydrogen) atoms. The van der Waals surface area contributed by atoms with Gasteiger partial charge in [0.1, 0.15) is 5.69 Å². The Morgan fingerprint density at radius 1 is 1.33 bits per heavy atom. The Hall–Kier alpha value is -0.550. The second kappa shape index (κ2) is 4.53. The Kier molecular flexibility index (Phi) is 3.31. The van der Waals surface area contributed by atoms with Crippen LogP contribution >= 0.6 is 23.1 Å². The molecule has 82 valence electrons. The fourth-order valence-corrected chi connectivity index (χ4v) is 3.36. The highest BCUT2D eigenvalue weighted by Crippen LogP contribution is 2.19. The Labute approximate surface area is 97.9 Å². The highest BCUT2D eigenvalue weighted by Gasteiger charge is 2.22. The molecule has 0 bridgehead atoms. The third kappa shape index (κ3) is 2.34. The summed E-state index contributed by atoms with van der Waals surface area (Å²) in [4.78, 5) is 19.4. The van der Waals surface area contributed by atoms with E-state index in [2.05, 4.69) is 4.98 Å². The average molecular weight is 242 g/mol. The number of hydrogen-bond acceptors (Lipinski definition) is 4. The summed E-state index contributed by atoms with van der Waals surface area (Å²) in [5.41, 5.74) is 0.657. The summed E-state index contributed by atoms with van der Waals surface area (Å²) in [5, 5.41) is 0.974. The number of thioether (sulfide) groups is 1. The lowest BCUT2D eigenvalue weighted by atomic mass is 10.3. The summed E-state index contributed by atoms with van der Waals surface area (Å²) in [7, 11) is 0. The van der Waals surface area contributed by atoms with Crippen LogP contribution in [0.4, 0.5) is 0 Å². The lowest BCUT2D eigenvalue weighted by Gasteiger charge is -2.25. The van der Waals surface area contributed by atoms with E-state index < -0.39 is 0 Å². The molecule has 0 N–H and O–H groups in total. The summed E-state index contributed by atoms with van der Waals surface area (Å²) >= 11 is 3.51. The van der Waals surface area contributed by atoms with Gasteiger partial charge in [0.05, 0.1) is 5.01 Å². The maximum Gasteiger partial charge on any atom is 0.273 e. The van der Waals surface area contributed by atoms with Crippen molar-refractivity contribution < 1.29 is 4.79 Å². The summed E-state index contributed by atoms with van der Waals surface area (Å²) in [6.07, 6.45) is 0. The number of aromatic nitrogens is 1. The molecule has 1 fully saturated rings. The van der Waals surface area contributed by atoms with E-state index in [1.54, 1.807) is 11.3 Å². The molecule has 1 aromatic heterocycles. The predicted octanol–water partition coefficient (Wildman–Crippen LogP) is 1.95. The van der Waals surface area contributed by atoms with Crippen molar-refractivity contribution in [2.24, 2.45) is 0 Å². The third-order valence-corrected chi connectivity index (χ3v) is 4.23. The van der Waals surface area contributed by atoms with Crippen LogP contribution in [0.1, 0.15) is 20.4 Å². The lowest BCUT2D eigenvalue weighted by Crippen LogP contribution is -2.38. The van der Waals surface area contributed by atoms with Crippen LogP contribution in [0.15, 0.2) is 0 Å². The molecule has 1 saturated heterocycles. The highest BCUT2D eigenvalue weighted by atomic mass is 32.2. The molecule has 0 unspecified atom stereocenters. The monoisotopic (exact) mass is 242 g/mol. The van der Waals surface area contributed by atoms with E-state index in [9.17, 15) is 4.79 Å².